The number of rotatable bonds is 3. The van der Waals surface area contributed by atoms with Crippen LogP contribution >= 0.6 is 0 Å². The maximum Gasteiger partial charge on any atom is 0.160 e. The molecule has 0 amide bonds. The molecule has 3 aliphatic rings. The van der Waals surface area contributed by atoms with Gasteiger partial charge in [-0.1, -0.05) is 31.2 Å². The molecule has 1 aliphatic heterocycles. The molecule has 3 heteroatoms. The summed E-state index contributed by atoms with van der Waals surface area (Å²) >= 11 is 0. The summed E-state index contributed by atoms with van der Waals surface area (Å²) in [6.07, 6.45) is 8.50. The summed E-state index contributed by atoms with van der Waals surface area (Å²) in [6, 6.07) is 9.31. The number of ketones is 1. The lowest BCUT2D eigenvalue weighted by atomic mass is 9.77. The normalized spacial score (nSPS) is 34.0. The van der Waals surface area contributed by atoms with Crippen molar-refractivity contribution in [1.82, 2.24) is 0 Å². The average molecular weight is 357 g/mol. The van der Waals surface area contributed by atoms with E-state index in [0.717, 1.165) is 38.9 Å². The molecule has 0 atom stereocenters. The SMILES string of the molecule is CC1COC(C2CCC(c3ccc(C4CCC(=O)CC4)cc3)CC2)OC1. The van der Waals surface area contributed by atoms with E-state index in [2.05, 4.69) is 31.2 Å². The first kappa shape index (κ1) is 18.2. The molecule has 2 aliphatic carbocycles. The van der Waals surface area contributed by atoms with E-state index in [0.29, 0.717) is 29.5 Å². The topological polar surface area (TPSA) is 35.5 Å². The second-order valence-corrected chi connectivity index (χ2v) is 8.73. The Kier molecular flexibility index (Phi) is 5.75. The fourth-order valence-corrected chi connectivity index (χ4v) is 4.92. The molecule has 1 saturated heterocycles. The molecule has 2 saturated carbocycles. The van der Waals surface area contributed by atoms with E-state index in [1.165, 1.54) is 36.8 Å². The first-order chi connectivity index (χ1) is 12.7. The Labute approximate surface area is 157 Å². The van der Waals surface area contributed by atoms with Gasteiger partial charge in [-0.25, -0.2) is 0 Å². The van der Waals surface area contributed by atoms with Gasteiger partial charge >= 0.3 is 0 Å². The molecule has 0 bridgehead atoms. The largest absolute Gasteiger partial charge is 0.352 e. The maximum absolute atomic E-state index is 11.4. The number of ether oxygens (including phenoxy) is 2. The predicted octanol–water partition coefficient (Wildman–Crippen LogP) is 5.20. The minimum atomic E-state index is 0.0311. The lowest BCUT2D eigenvalue weighted by molar-refractivity contribution is -0.226. The summed E-state index contributed by atoms with van der Waals surface area (Å²) in [6.45, 7) is 3.87. The van der Waals surface area contributed by atoms with Gasteiger partial charge in [-0.05, 0) is 61.5 Å². The summed E-state index contributed by atoms with van der Waals surface area (Å²) in [4.78, 5) is 11.4. The molecule has 142 valence electrons. The third-order valence-electron chi connectivity index (χ3n) is 6.67. The molecule has 3 fully saturated rings. The molecule has 4 rings (SSSR count). The van der Waals surface area contributed by atoms with Crippen molar-refractivity contribution in [3.63, 3.8) is 0 Å². The number of benzene rings is 1. The van der Waals surface area contributed by atoms with Crippen molar-refractivity contribution < 1.29 is 14.3 Å². The van der Waals surface area contributed by atoms with Crippen LogP contribution in [0.15, 0.2) is 24.3 Å². The Morgan fingerprint density at radius 2 is 1.27 bits per heavy atom. The van der Waals surface area contributed by atoms with E-state index in [1.54, 1.807) is 0 Å². The Hall–Kier alpha value is -1.19. The highest BCUT2D eigenvalue weighted by molar-refractivity contribution is 5.79. The van der Waals surface area contributed by atoms with Crippen molar-refractivity contribution in [3.8, 4) is 0 Å². The standard InChI is InChI=1S/C23H32O3/c1-16-14-25-23(26-15-16)21-8-6-19(7-9-21)17-2-4-18(5-3-17)20-10-12-22(24)13-11-20/h2-5,16,19-21,23H,6-15H2,1H3. The molecule has 1 heterocycles. The third-order valence-corrected chi connectivity index (χ3v) is 6.67. The van der Waals surface area contributed by atoms with E-state index >= 15 is 0 Å². The van der Waals surface area contributed by atoms with Gasteiger partial charge in [0.2, 0.25) is 0 Å². The van der Waals surface area contributed by atoms with Crippen LogP contribution in [-0.4, -0.2) is 25.3 Å². The van der Waals surface area contributed by atoms with Crippen molar-refractivity contribution >= 4 is 5.78 Å². The monoisotopic (exact) mass is 356 g/mol. The Morgan fingerprint density at radius 3 is 1.81 bits per heavy atom. The van der Waals surface area contributed by atoms with Gasteiger partial charge < -0.3 is 9.47 Å². The Morgan fingerprint density at radius 1 is 0.769 bits per heavy atom. The summed E-state index contributed by atoms with van der Waals surface area (Å²) in [5, 5.41) is 0. The summed E-state index contributed by atoms with van der Waals surface area (Å²) < 4.78 is 11.8. The van der Waals surface area contributed by atoms with Crippen LogP contribution < -0.4 is 0 Å². The van der Waals surface area contributed by atoms with Crippen LogP contribution in [-0.2, 0) is 14.3 Å². The van der Waals surface area contributed by atoms with Crippen LogP contribution in [0.3, 0.4) is 0 Å². The molecule has 1 aromatic rings. The molecular weight excluding hydrogens is 324 g/mol. The lowest BCUT2D eigenvalue weighted by Crippen LogP contribution is -2.37. The van der Waals surface area contributed by atoms with Gasteiger partial charge in [0.15, 0.2) is 6.29 Å². The summed E-state index contributed by atoms with van der Waals surface area (Å²) in [5.41, 5.74) is 2.91. The highest BCUT2D eigenvalue weighted by Gasteiger charge is 2.32. The van der Waals surface area contributed by atoms with Crippen LogP contribution in [0.2, 0.25) is 0 Å². The fraction of sp³-hybridized carbons (Fsp3) is 0.696. The predicted molar refractivity (Wildman–Crippen MR) is 102 cm³/mol. The van der Waals surface area contributed by atoms with Crippen LogP contribution in [0, 0.1) is 11.8 Å². The zero-order valence-electron chi connectivity index (χ0n) is 16.0. The van der Waals surface area contributed by atoms with E-state index in [4.69, 9.17) is 9.47 Å². The van der Waals surface area contributed by atoms with Crippen molar-refractivity contribution in [2.75, 3.05) is 13.2 Å². The zero-order chi connectivity index (χ0) is 17.9. The van der Waals surface area contributed by atoms with Gasteiger partial charge in [0.1, 0.15) is 5.78 Å². The zero-order valence-corrected chi connectivity index (χ0v) is 16.0. The van der Waals surface area contributed by atoms with E-state index < -0.39 is 0 Å². The van der Waals surface area contributed by atoms with Gasteiger partial charge in [-0.2, -0.15) is 0 Å². The van der Waals surface area contributed by atoms with Gasteiger partial charge in [0.25, 0.3) is 0 Å². The molecule has 0 N–H and O–H groups in total. The smallest absolute Gasteiger partial charge is 0.160 e. The van der Waals surface area contributed by atoms with Crippen LogP contribution in [0.1, 0.15) is 81.3 Å². The number of hydrogen-bond donors (Lipinski definition) is 0. The number of carbonyl (C=O) groups is 1. The first-order valence-electron chi connectivity index (χ1n) is 10.5. The van der Waals surface area contributed by atoms with Crippen molar-refractivity contribution in [3.05, 3.63) is 35.4 Å². The second-order valence-electron chi connectivity index (χ2n) is 8.73. The fourth-order valence-electron chi connectivity index (χ4n) is 4.92. The number of hydrogen-bond acceptors (Lipinski definition) is 3. The van der Waals surface area contributed by atoms with Crippen LogP contribution in [0.4, 0.5) is 0 Å². The highest BCUT2D eigenvalue weighted by Crippen LogP contribution is 2.39. The average Bonchev–Trinajstić information content (AvgIpc) is 2.70. The maximum atomic E-state index is 11.4. The van der Waals surface area contributed by atoms with Gasteiger partial charge in [0.05, 0.1) is 13.2 Å². The summed E-state index contributed by atoms with van der Waals surface area (Å²) in [7, 11) is 0. The quantitative estimate of drug-likeness (QED) is 0.747. The minimum absolute atomic E-state index is 0.0311. The number of carbonyl (C=O) groups excluding carboxylic acids is 1. The van der Waals surface area contributed by atoms with Crippen molar-refractivity contribution in [1.29, 1.82) is 0 Å². The molecule has 26 heavy (non-hydrogen) atoms. The molecular formula is C23H32O3. The van der Waals surface area contributed by atoms with Gasteiger partial charge in [-0.3, -0.25) is 4.79 Å². The highest BCUT2D eigenvalue weighted by atomic mass is 16.7. The van der Waals surface area contributed by atoms with E-state index in [1.807, 2.05) is 0 Å². The van der Waals surface area contributed by atoms with Crippen LogP contribution in [0.5, 0.6) is 0 Å². The van der Waals surface area contributed by atoms with Gasteiger partial charge in [-0.15, -0.1) is 0 Å². The number of Topliss-reactive ketones (excluding diaryl/α,β-unsaturated/α-hetero) is 1. The van der Waals surface area contributed by atoms with E-state index in [9.17, 15) is 4.79 Å². The molecule has 0 aromatic heterocycles. The second kappa shape index (κ2) is 8.22. The molecule has 1 aromatic carbocycles. The van der Waals surface area contributed by atoms with Crippen molar-refractivity contribution in [2.45, 2.75) is 76.4 Å². The summed E-state index contributed by atoms with van der Waals surface area (Å²) in [5.74, 6) is 2.80. The van der Waals surface area contributed by atoms with Crippen molar-refractivity contribution in [2.24, 2.45) is 11.8 Å². The first-order valence-corrected chi connectivity index (χ1v) is 10.5. The Balaban J connectivity index is 1.29. The lowest BCUT2D eigenvalue weighted by Gasteiger charge is -2.37. The van der Waals surface area contributed by atoms with Crippen LogP contribution in [0.25, 0.3) is 0 Å². The molecule has 0 spiro atoms. The Bertz CT molecular complexity index is 582. The van der Waals surface area contributed by atoms with E-state index in [-0.39, 0.29) is 6.29 Å². The third kappa shape index (κ3) is 4.20. The minimum Gasteiger partial charge on any atom is -0.352 e. The molecule has 0 radical (unpaired) electrons. The molecule has 3 nitrogen and oxygen atoms in total. The molecule has 0 unspecified atom stereocenters. The van der Waals surface area contributed by atoms with Gasteiger partial charge in [0, 0.05) is 24.7 Å².